The van der Waals surface area contributed by atoms with Crippen molar-refractivity contribution in [3.05, 3.63) is 59.3 Å². The molecular weight excluding hydrogens is 284 g/mol. The van der Waals surface area contributed by atoms with E-state index in [0.717, 1.165) is 35.2 Å². The van der Waals surface area contributed by atoms with Gasteiger partial charge in [-0.3, -0.25) is 5.41 Å². The van der Waals surface area contributed by atoms with Crippen LogP contribution < -0.4 is 5.73 Å². The third-order valence-corrected chi connectivity index (χ3v) is 3.64. The highest BCUT2D eigenvalue weighted by molar-refractivity contribution is 6.30. The van der Waals surface area contributed by atoms with Crippen LogP contribution in [0.4, 0.5) is 0 Å². The highest BCUT2D eigenvalue weighted by Crippen LogP contribution is 2.31. The van der Waals surface area contributed by atoms with E-state index in [9.17, 15) is 0 Å². The first-order valence-corrected chi connectivity index (χ1v) is 7.10. The van der Waals surface area contributed by atoms with Gasteiger partial charge in [-0.15, -0.1) is 0 Å². The van der Waals surface area contributed by atoms with Crippen LogP contribution in [0.2, 0.25) is 5.02 Å². The summed E-state index contributed by atoms with van der Waals surface area (Å²) in [4.78, 5) is 0. The highest BCUT2D eigenvalue weighted by atomic mass is 35.5. The zero-order chi connectivity index (χ0) is 14.8. The number of hydrogen-bond acceptors (Lipinski definition) is 2. The molecule has 1 aliphatic rings. The molecule has 4 nitrogen and oxygen atoms in total. The molecule has 0 atom stereocenters. The fraction of sp³-hybridized carbons (Fsp3) is 0.125. The molecule has 1 aromatic heterocycles. The quantitative estimate of drug-likeness (QED) is 0.656. The number of rotatable bonds is 2. The summed E-state index contributed by atoms with van der Waals surface area (Å²) in [5, 5.41) is 12.7. The van der Waals surface area contributed by atoms with E-state index in [1.807, 2.05) is 24.3 Å². The van der Waals surface area contributed by atoms with Crippen molar-refractivity contribution in [2.75, 3.05) is 0 Å². The summed E-state index contributed by atoms with van der Waals surface area (Å²) >= 11 is 5.94. The summed E-state index contributed by atoms with van der Waals surface area (Å²) in [7, 11) is 0. The lowest BCUT2D eigenvalue weighted by atomic mass is 9.97. The molecule has 0 saturated heterocycles. The monoisotopic (exact) mass is 298 g/mol. The third-order valence-electron chi connectivity index (χ3n) is 3.38. The van der Waals surface area contributed by atoms with Crippen LogP contribution >= 0.6 is 11.6 Å². The van der Waals surface area contributed by atoms with Crippen molar-refractivity contribution in [3.63, 3.8) is 0 Å². The topological polar surface area (TPSA) is 67.7 Å². The fourth-order valence-corrected chi connectivity index (χ4v) is 2.47. The Bertz CT molecular complexity index is 738. The molecule has 3 rings (SSSR count). The normalized spacial score (nSPS) is 14.0. The highest BCUT2D eigenvalue weighted by Gasteiger charge is 2.15. The minimum Gasteiger partial charge on any atom is -0.368 e. The molecule has 1 aliphatic carbocycles. The van der Waals surface area contributed by atoms with Gasteiger partial charge in [0, 0.05) is 22.3 Å². The molecule has 21 heavy (non-hydrogen) atoms. The summed E-state index contributed by atoms with van der Waals surface area (Å²) in [6.45, 7) is 0. The molecule has 0 bridgehead atoms. The molecule has 2 aromatic rings. The van der Waals surface area contributed by atoms with Gasteiger partial charge in [-0.1, -0.05) is 42.0 Å². The van der Waals surface area contributed by atoms with Crippen LogP contribution in [0.5, 0.6) is 0 Å². The zero-order valence-corrected chi connectivity index (χ0v) is 12.1. The smallest absolute Gasteiger partial charge is 0.213 e. The Morgan fingerprint density at radius 2 is 2.00 bits per heavy atom. The van der Waals surface area contributed by atoms with Gasteiger partial charge in [0.25, 0.3) is 0 Å². The molecule has 0 aliphatic heterocycles. The largest absolute Gasteiger partial charge is 0.368 e. The number of nitrogens with one attached hydrogen (secondary N) is 1. The Kier molecular flexibility index (Phi) is 3.62. The minimum atomic E-state index is -0.100. The number of benzene rings is 1. The molecule has 5 heteroatoms. The van der Waals surface area contributed by atoms with Gasteiger partial charge in [-0.25, -0.2) is 4.68 Å². The number of nitrogens with zero attached hydrogens (tertiary/aromatic N) is 2. The van der Waals surface area contributed by atoms with Crippen LogP contribution in [0.3, 0.4) is 0 Å². The van der Waals surface area contributed by atoms with Gasteiger partial charge >= 0.3 is 0 Å². The standard InChI is InChI=1S/C16H15ClN4/c17-13-8-6-12(7-9-13)15-14(10-21(20-15)16(18)19)11-4-2-1-3-5-11/h2,4-10H,1,3H2,(H3,18,19). The van der Waals surface area contributed by atoms with Crippen molar-refractivity contribution in [1.82, 2.24) is 9.78 Å². The van der Waals surface area contributed by atoms with Crippen LogP contribution in [-0.2, 0) is 0 Å². The minimum absolute atomic E-state index is 0.100. The van der Waals surface area contributed by atoms with Crippen molar-refractivity contribution in [1.29, 1.82) is 5.41 Å². The van der Waals surface area contributed by atoms with Crippen LogP contribution in [0.25, 0.3) is 16.8 Å². The summed E-state index contributed by atoms with van der Waals surface area (Å²) in [6.07, 6.45) is 10.3. The Morgan fingerprint density at radius 1 is 1.24 bits per heavy atom. The first kappa shape index (κ1) is 13.6. The number of halogens is 1. The summed E-state index contributed by atoms with van der Waals surface area (Å²) in [5.41, 5.74) is 9.40. The van der Waals surface area contributed by atoms with E-state index in [2.05, 4.69) is 23.3 Å². The van der Waals surface area contributed by atoms with Crippen molar-refractivity contribution in [2.24, 2.45) is 5.73 Å². The first-order valence-electron chi connectivity index (χ1n) is 6.72. The van der Waals surface area contributed by atoms with Crippen LogP contribution in [0.15, 0.2) is 48.7 Å². The third kappa shape index (κ3) is 2.76. The van der Waals surface area contributed by atoms with Crippen molar-refractivity contribution in [2.45, 2.75) is 12.8 Å². The van der Waals surface area contributed by atoms with E-state index in [1.165, 1.54) is 4.68 Å². The van der Waals surface area contributed by atoms with Crippen LogP contribution in [0.1, 0.15) is 18.4 Å². The fourth-order valence-electron chi connectivity index (χ4n) is 2.34. The van der Waals surface area contributed by atoms with Gasteiger partial charge in [-0.2, -0.15) is 5.10 Å². The van der Waals surface area contributed by atoms with E-state index in [4.69, 9.17) is 22.7 Å². The van der Waals surface area contributed by atoms with Crippen molar-refractivity contribution < 1.29 is 0 Å². The van der Waals surface area contributed by atoms with Gasteiger partial charge in [0.05, 0.1) is 0 Å². The molecular formula is C16H15ClN4. The second kappa shape index (κ2) is 5.58. The Balaban J connectivity index is 2.13. The molecule has 1 aromatic carbocycles. The second-order valence-electron chi connectivity index (χ2n) is 4.87. The lowest BCUT2D eigenvalue weighted by molar-refractivity contribution is 0.915. The van der Waals surface area contributed by atoms with Gasteiger partial charge in [0.1, 0.15) is 5.69 Å². The average Bonchev–Trinajstić information content (AvgIpc) is 2.94. The molecule has 1 heterocycles. The maximum Gasteiger partial charge on any atom is 0.213 e. The van der Waals surface area contributed by atoms with E-state index in [0.29, 0.717) is 5.02 Å². The Morgan fingerprint density at radius 3 is 2.62 bits per heavy atom. The number of nitrogen functional groups attached to an aromatic ring is 1. The molecule has 0 amide bonds. The molecule has 0 saturated carbocycles. The first-order chi connectivity index (χ1) is 10.1. The number of aromatic nitrogens is 2. The van der Waals surface area contributed by atoms with E-state index in [1.54, 1.807) is 6.20 Å². The molecule has 0 radical (unpaired) electrons. The van der Waals surface area contributed by atoms with Gasteiger partial charge in [0.15, 0.2) is 0 Å². The molecule has 106 valence electrons. The Labute approximate surface area is 128 Å². The summed E-state index contributed by atoms with van der Waals surface area (Å²) < 4.78 is 1.39. The molecule has 0 spiro atoms. The van der Waals surface area contributed by atoms with Crippen molar-refractivity contribution >= 4 is 23.1 Å². The maximum atomic E-state index is 7.58. The SMILES string of the molecule is N=C(N)n1cc(C2=CCCC=C2)c(-c2ccc(Cl)cc2)n1. The zero-order valence-electron chi connectivity index (χ0n) is 11.4. The number of nitrogens with two attached hydrogens (primary N) is 1. The van der Waals surface area contributed by atoms with Gasteiger partial charge < -0.3 is 5.73 Å². The van der Waals surface area contributed by atoms with E-state index >= 15 is 0 Å². The van der Waals surface area contributed by atoms with Crippen LogP contribution in [-0.4, -0.2) is 15.7 Å². The molecule has 0 unspecified atom stereocenters. The number of hydrogen-bond donors (Lipinski definition) is 2. The lowest BCUT2D eigenvalue weighted by Crippen LogP contribution is -2.20. The molecule has 3 N–H and O–H groups in total. The Hall–Kier alpha value is -2.33. The van der Waals surface area contributed by atoms with Crippen molar-refractivity contribution in [3.8, 4) is 11.3 Å². The number of allylic oxidation sites excluding steroid dienone is 4. The predicted octanol–water partition coefficient (Wildman–Crippen LogP) is 3.68. The van der Waals surface area contributed by atoms with Crippen LogP contribution in [0, 0.1) is 5.41 Å². The average molecular weight is 299 g/mol. The van der Waals surface area contributed by atoms with E-state index in [-0.39, 0.29) is 5.96 Å². The lowest BCUT2D eigenvalue weighted by Gasteiger charge is -2.07. The second-order valence-corrected chi connectivity index (χ2v) is 5.30. The summed E-state index contributed by atoms with van der Waals surface area (Å²) in [6, 6.07) is 7.51. The van der Waals surface area contributed by atoms with E-state index < -0.39 is 0 Å². The van der Waals surface area contributed by atoms with Gasteiger partial charge in [-0.05, 0) is 30.5 Å². The predicted molar refractivity (Wildman–Crippen MR) is 86.3 cm³/mol. The summed E-state index contributed by atoms with van der Waals surface area (Å²) in [5.74, 6) is -0.100. The van der Waals surface area contributed by atoms with Gasteiger partial charge in [0.2, 0.25) is 5.96 Å². The maximum absolute atomic E-state index is 7.58. The molecule has 0 fully saturated rings.